The molecule has 0 aliphatic carbocycles. The number of hydrogen-bond acceptors (Lipinski definition) is 4. The van der Waals surface area contributed by atoms with Crippen LogP contribution in [0.1, 0.15) is 43.0 Å². The van der Waals surface area contributed by atoms with E-state index in [2.05, 4.69) is 10.1 Å². The number of nitrogens with zero attached hydrogens (tertiary/aromatic N) is 5. The Hall–Kier alpha value is -2.70. The maximum absolute atomic E-state index is 13.3. The summed E-state index contributed by atoms with van der Waals surface area (Å²) >= 11 is 0. The number of hydrogen-bond donors (Lipinski definition) is 0. The molecule has 2 amide bonds. The third-order valence-electron chi connectivity index (χ3n) is 5.88. The first-order valence-electron chi connectivity index (χ1n) is 9.63. The Morgan fingerprint density at radius 2 is 2.07 bits per heavy atom. The molecule has 1 aromatic heterocycles. The summed E-state index contributed by atoms with van der Waals surface area (Å²) < 4.78 is 1.63. The number of carbonyl (C=O) groups is 2. The SMILES string of the molecule is CCN1C[C@]2(CCCN(C(=O)c3ccccc3-n3cncn3)C2)CCC1=O. The van der Waals surface area contributed by atoms with E-state index in [0.29, 0.717) is 18.5 Å². The number of benzene rings is 1. The van der Waals surface area contributed by atoms with Crippen molar-refractivity contribution in [3.05, 3.63) is 42.5 Å². The second kappa shape index (κ2) is 7.13. The van der Waals surface area contributed by atoms with Crippen LogP contribution in [0.2, 0.25) is 0 Å². The minimum absolute atomic E-state index is 0.0278. The molecule has 0 radical (unpaired) electrons. The summed E-state index contributed by atoms with van der Waals surface area (Å²) in [5.74, 6) is 0.267. The van der Waals surface area contributed by atoms with Crippen LogP contribution < -0.4 is 0 Å². The van der Waals surface area contributed by atoms with E-state index < -0.39 is 0 Å². The van der Waals surface area contributed by atoms with E-state index in [0.717, 1.165) is 44.6 Å². The van der Waals surface area contributed by atoms with Gasteiger partial charge in [0.25, 0.3) is 5.91 Å². The molecular weight excluding hydrogens is 342 g/mol. The standard InChI is InChI=1S/C20H25N5O2/c1-2-23-12-20(10-8-18(23)26)9-5-11-24(13-20)19(27)16-6-3-4-7-17(16)25-15-21-14-22-25/h3-4,6-7,14-15H,2,5,8-13H2,1H3/t20-/m0/s1. The first kappa shape index (κ1) is 17.7. The van der Waals surface area contributed by atoms with Gasteiger partial charge >= 0.3 is 0 Å². The van der Waals surface area contributed by atoms with Gasteiger partial charge < -0.3 is 9.80 Å². The Morgan fingerprint density at radius 1 is 1.22 bits per heavy atom. The average molecular weight is 367 g/mol. The Balaban J connectivity index is 1.58. The highest BCUT2D eigenvalue weighted by molar-refractivity contribution is 5.97. The van der Waals surface area contributed by atoms with Crippen LogP contribution in [0.3, 0.4) is 0 Å². The van der Waals surface area contributed by atoms with Gasteiger partial charge in [-0.3, -0.25) is 9.59 Å². The molecular formula is C20H25N5O2. The average Bonchev–Trinajstić information content (AvgIpc) is 3.24. The molecule has 0 unspecified atom stereocenters. The monoisotopic (exact) mass is 367 g/mol. The number of carbonyl (C=O) groups excluding carboxylic acids is 2. The van der Waals surface area contributed by atoms with E-state index in [-0.39, 0.29) is 17.2 Å². The molecule has 4 rings (SSSR count). The van der Waals surface area contributed by atoms with E-state index in [1.54, 1.807) is 11.0 Å². The predicted octanol–water partition coefficient (Wildman–Crippen LogP) is 2.13. The van der Waals surface area contributed by atoms with Crippen molar-refractivity contribution in [2.24, 2.45) is 5.41 Å². The molecule has 2 saturated heterocycles. The van der Waals surface area contributed by atoms with Crippen molar-refractivity contribution < 1.29 is 9.59 Å². The van der Waals surface area contributed by atoms with Crippen molar-refractivity contribution in [1.29, 1.82) is 0 Å². The summed E-state index contributed by atoms with van der Waals surface area (Å²) in [7, 11) is 0. The highest BCUT2D eigenvalue weighted by Crippen LogP contribution is 2.39. The van der Waals surface area contributed by atoms with Gasteiger partial charge in [-0.05, 0) is 38.3 Å². The molecule has 2 aromatic rings. The van der Waals surface area contributed by atoms with E-state index in [9.17, 15) is 9.59 Å². The molecule has 27 heavy (non-hydrogen) atoms. The maximum Gasteiger partial charge on any atom is 0.256 e. The smallest absolute Gasteiger partial charge is 0.256 e. The second-order valence-corrected chi connectivity index (χ2v) is 7.60. The van der Waals surface area contributed by atoms with Crippen LogP contribution in [0, 0.1) is 5.41 Å². The van der Waals surface area contributed by atoms with Crippen LogP contribution in [-0.4, -0.2) is 62.6 Å². The molecule has 7 heteroatoms. The van der Waals surface area contributed by atoms with Crippen LogP contribution in [0.25, 0.3) is 5.69 Å². The van der Waals surface area contributed by atoms with Crippen molar-refractivity contribution in [3.63, 3.8) is 0 Å². The van der Waals surface area contributed by atoms with Crippen molar-refractivity contribution in [3.8, 4) is 5.69 Å². The number of likely N-dealkylation sites (tertiary alicyclic amines) is 2. The lowest BCUT2D eigenvalue weighted by molar-refractivity contribution is -0.138. The van der Waals surface area contributed by atoms with Crippen molar-refractivity contribution in [2.75, 3.05) is 26.2 Å². The summed E-state index contributed by atoms with van der Waals surface area (Å²) in [4.78, 5) is 33.3. The molecule has 142 valence electrons. The molecule has 0 saturated carbocycles. The molecule has 2 aliphatic rings. The van der Waals surface area contributed by atoms with E-state index in [1.807, 2.05) is 41.0 Å². The lowest BCUT2D eigenvalue weighted by Gasteiger charge is -2.48. The maximum atomic E-state index is 13.3. The van der Waals surface area contributed by atoms with Crippen LogP contribution in [0.5, 0.6) is 0 Å². The van der Waals surface area contributed by atoms with E-state index in [1.165, 1.54) is 6.33 Å². The number of aromatic nitrogens is 3. The van der Waals surface area contributed by atoms with Gasteiger partial charge in [0, 0.05) is 38.0 Å². The van der Waals surface area contributed by atoms with Crippen LogP contribution in [0.15, 0.2) is 36.9 Å². The van der Waals surface area contributed by atoms with Gasteiger partial charge in [-0.15, -0.1) is 0 Å². The molecule has 2 aliphatic heterocycles. The molecule has 2 fully saturated rings. The second-order valence-electron chi connectivity index (χ2n) is 7.60. The number of amides is 2. The summed E-state index contributed by atoms with van der Waals surface area (Å²) in [5, 5.41) is 4.18. The zero-order valence-electron chi connectivity index (χ0n) is 15.7. The molecule has 0 bridgehead atoms. The third-order valence-corrected chi connectivity index (χ3v) is 5.88. The quantitative estimate of drug-likeness (QED) is 0.833. The summed E-state index contributed by atoms with van der Waals surface area (Å²) in [6, 6.07) is 7.52. The number of rotatable bonds is 3. The van der Waals surface area contributed by atoms with Gasteiger partial charge in [0.1, 0.15) is 12.7 Å². The molecule has 1 spiro atoms. The van der Waals surface area contributed by atoms with E-state index >= 15 is 0 Å². The minimum Gasteiger partial charge on any atom is -0.342 e. The Bertz CT molecular complexity index is 835. The lowest BCUT2D eigenvalue weighted by atomic mass is 9.73. The van der Waals surface area contributed by atoms with Gasteiger partial charge in [-0.25, -0.2) is 9.67 Å². The first-order valence-corrected chi connectivity index (χ1v) is 9.63. The van der Waals surface area contributed by atoms with E-state index in [4.69, 9.17) is 0 Å². The third kappa shape index (κ3) is 3.34. The Morgan fingerprint density at radius 3 is 2.85 bits per heavy atom. The lowest BCUT2D eigenvalue weighted by Crippen LogP contribution is -2.55. The first-order chi connectivity index (χ1) is 13.1. The molecule has 3 heterocycles. The van der Waals surface area contributed by atoms with Gasteiger partial charge in [0.15, 0.2) is 0 Å². The van der Waals surface area contributed by atoms with Crippen LogP contribution >= 0.6 is 0 Å². The van der Waals surface area contributed by atoms with Gasteiger partial charge in [-0.2, -0.15) is 5.10 Å². The molecule has 0 N–H and O–H groups in total. The van der Waals surface area contributed by atoms with Crippen molar-refractivity contribution in [1.82, 2.24) is 24.6 Å². The van der Waals surface area contributed by atoms with Gasteiger partial charge in [0.2, 0.25) is 5.91 Å². The molecule has 1 atom stereocenters. The van der Waals surface area contributed by atoms with Crippen molar-refractivity contribution in [2.45, 2.75) is 32.6 Å². The zero-order chi connectivity index (χ0) is 18.9. The Kier molecular flexibility index (Phi) is 4.68. The highest BCUT2D eigenvalue weighted by atomic mass is 16.2. The Labute approximate surface area is 159 Å². The normalized spacial score (nSPS) is 23.1. The summed E-state index contributed by atoms with van der Waals surface area (Å²) in [6.07, 6.45) is 6.59. The minimum atomic E-state index is 0.0278. The number of piperidine rings is 2. The molecule has 1 aromatic carbocycles. The summed E-state index contributed by atoms with van der Waals surface area (Å²) in [5.41, 5.74) is 1.41. The zero-order valence-corrected chi connectivity index (χ0v) is 15.7. The fourth-order valence-corrected chi connectivity index (χ4v) is 4.46. The van der Waals surface area contributed by atoms with Crippen molar-refractivity contribution >= 4 is 11.8 Å². The molecule has 7 nitrogen and oxygen atoms in total. The predicted molar refractivity (Wildman–Crippen MR) is 100 cm³/mol. The van der Waals surface area contributed by atoms with Gasteiger partial charge in [0.05, 0.1) is 11.3 Å². The highest BCUT2D eigenvalue weighted by Gasteiger charge is 2.42. The topological polar surface area (TPSA) is 71.3 Å². The fraction of sp³-hybridized carbons (Fsp3) is 0.500. The van der Waals surface area contributed by atoms with Crippen LogP contribution in [-0.2, 0) is 4.79 Å². The van der Waals surface area contributed by atoms with Crippen LogP contribution in [0.4, 0.5) is 0 Å². The largest absolute Gasteiger partial charge is 0.342 e. The van der Waals surface area contributed by atoms with Gasteiger partial charge in [-0.1, -0.05) is 12.1 Å². The number of para-hydroxylation sites is 1. The fourth-order valence-electron chi connectivity index (χ4n) is 4.46. The summed E-state index contributed by atoms with van der Waals surface area (Å²) in [6.45, 7) is 4.99.